The van der Waals surface area contributed by atoms with E-state index in [1.807, 2.05) is 13.8 Å². The lowest BCUT2D eigenvalue weighted by Gasteiger charge is -2.15. The number of ketones is 1. The highest BCUT2D eigenvalue weighted by Crippen LogP contribution is 1.92. The van der Waals surface area contributed by atoms with E-state index in [4.69, 9.17) is 0 Å². The first-order chi connectivity index (χ1) is 5.81. The normalized spacial score (nSPS) is 11.2. The molecule has 0 rings (SSSR count). The summed E-state index contributed by atoms with van der Waals surface area (Å²) in [7, 11) is 0. The lowest BCUT2D eigenvalue weighted by Crippen LogP contribution is -2.94. The molecule has 76 valence electrons. The molecule has 0 aliphatic carbocycles. The van der Waals surface area contributed by atoms with E-state index < -0.39 is 0 Å². The van der Waals surface area contributed by atoms with Crippen LogP contribution in [-0.4, -0.2) is 17.9 Å². The van der Waals surface area contributed by atoms with Crippen molar-refractivity contribution in [1.82, 2.24) is 0 Å². The van der Waals surface area contributed by atoms with Crippen LogP contribution in [0.15, 0.2) is 11.6 Å². The van der Waals surface area contributed by atoms with E-state index in [2.05, 4.69) is 26.1 Å². The highest BCUT2D eigenvalue weighted by Gasteiger charge is 2.12. The van der Waals surface area contributed by atoms with Gasteiger partial charge in [-0.2, -0.15) is 0 Å². The lowest BCUT2D eigenvalue weighted by molar-refractivity contribution is -0.716. The molecular formula is C11H22NO+. The highest BCUT2D eigenvalue weighted by molar-refractivity contribution is 5.90. The van der Waals surface area contributed by atoms with Crippen LogP contribution in [0, 0.1) is 0 Å². The number of hydrogen-bond donors (Lipinski definition) is 1. The Bertz CT molecular complexity index is 195. The number of quaternary nitrogens is 1. The summed E-state index contributed by atoms with van der Waals surface area (Å²) in [6.45, 7) is 11.2. The Balaban J connectivity index is 3.67. The van der Waals surface area contributed by atoms with Crippen molar-refractivity contribution in [2.75, 3.05) is 6.54 Å². The minimum absolute atomic E-state index is 0.227. The number of rotatable bonds is 4. The van der Waals surface area contributed by atoms with Gasteiger partial charge in [0.2, 0.25) is 0 Å². The molecule has 0 atom stereocenters. The summed E-state index contributed by atoms with van der Waals surface area (Å²) in [5, 5.41) is 2.20. The van der Waals surface area contributed by atoms with Crippen molar-refractivity contribution in [2.45, 2.75) is 46.6 Å². The summed E-state index contributed by atoms with van der Waals surface area (Å²) in [5.74, 6) is 0.237. The first-order valence-corrected chi connectivity index (χ1v) is 4.83. The molecule has 2 N–H and O–H groups in total. The molecule has 0 spiro atoms. The molecule has 0 heterocycles. The minimum Gasteiger partial charge on any atom is -0.342 e. The molecule has 0 aromatic carbocycles. The molecule has 0 amide bonds. The minimum atomic E-state index is 0.227. The summed E-state index contributed by atoms with van der Waals surface area (Å²) < 4.78 is 0. The molecule has 13 heavy (non-hydrogen) atoms. The average molecular weight is 184 g/mol. The molecule has 0 aromatic rings. The standard InChI is InChI=1S/C11H21NO/c1-9(2)8-10(13)6-7-12-11(3,4)5/h8,12H,6-7H2,1-5H3/p+1. The van der Waals surface area contributed by atoms with Gasteiger partial charge < -0.3 is 5.32 Å². The van der Waals surface area contributed by atoms with Crippen LogP contribution in [-0.2, 0) is 4.79 Å². The van der Waals surface area contributed by atoms with Crippen LogP contribution in [0.5, 0.6) is 0 Å². The van der Waals surface area contributed by atoms with Gasteiger partial charge in [-0.1, -0.05) is 5.57 Å². The summed E-state index contributed by atoms with van der Waals surface area (Å²) in [4.78, 5) is 11.2. The second kappa shape index (κ2) is 5.18. The molecule has 2 heteroatoms. The number of nitrogens with two attached hydrogens (primary N) is 1. The molecule has 0 saturated carbocycles. The summed E-state index contributed by atoms with van der Waals surface area (Å²) in [5.41, 5.74) is 1.31. The molecule has 0 unspecified atom stereocenters. The van der Waals surface area contributed by atoms with E-state index in [1.54, 1.807) is 6.08 Å². The van der Waals surface area contributed by atoms with Gasteiger partial charge in [0, 0.05) is 0 Å². The second-order valence-electron chi connectivity index (χ2n) is 4.80. The summed E-state index contributed by atoms with van der Waals surface area (Å²) >= 11 is 0. The second-order valence-corrected chi connectivity index (χ2v) is 4.80. The van der Waals surface area contributed by atoms with Gasteiger partial charge in [-0.05, 0) is 40.7 Å². The SMILES string of the molecule is CC(C)=CC(=O)CC[NH2+]C(C)(C)C. The predicted molar refractivity (Wildman–Crippen MR) is 55.6 cm³/mol. The van der Waals surface area contributed by atoms with Gasteiger partial charge >= 0.3 is 0 Å². The van der Waals surface area contributed by atoms with Gasteiger partial charge in [0.1, 0.15) is 0 Å². The Morgan fingerprint density at radius 3 is 2.23 bits per heavy atom. The average Bonchev–Trinajstić information content (AvgIpc) is 1.81. The van der Waals surface area contributed by atoms with Crippen LogP contribution >= 0.6 is 0 Å². The fourth-order valence-corrected chi connectivity index (χ4v) is 1.04. The van der Waals surface area contributed by atoms with Crippen LogP contribution in [0.2, 0.25) is 0 Å². The lowest BCUT2D eigenvalue weighted by atomic mass is 10.1. The molecule has 0 bridgehead atoms. The van der Waals surface area contributed by atoms with Gasteiger partial charge in [0.15, 0.2) is 5.78 Å². The Hall–Kier alpha value is -0.630. The number of carbonyl (C=O) groups is 1. The number of carbonyl (C=O) groups excluding carboxylic acids is 1. The van der Waals surface area contributed by atoms with Gasteiger partial charge in [-0.3, -0.25) is 4.79 Å². The monoisotopic (exact) mass is 184 g/mol. The van der Waals surface area contributed by atoms with E-state index in [0.717, 1.165) is 12.1 Å². The zero-order chi connectivity index (χ0) is 10.5. The van der Waals surface area contributed by atoms with E-state index in [-0.39, 0.29) is 11.3 Å². The topological polar surface area (TPSA) is 33.7 Å². The number of allylic oxidation sites excluding steroid dienone is 2. The predicted octanol–water partition coefficient (Wildman–Crippen LogP) is 1.27. The van der Waals surface area contributed by atoms with E-state index >= 15 is 0 Å². The van der Waals surface area contributed by atoms with Crippen molar-refractivity contribution in [1.29, 1.82) is 0 Å². The van der Waals surface area contributed by atoms with Crippen LogP contribution in [0.1, 0.15) is 41.0 Å². The maximum atomic E-state index is 11.2. The maximum Gasteiger partial charge on any atom is 0.161 e. The molecule has 0 aromatic heterocycles. The Labute approximate surface area is 81.4 Å². The summed E-state index contributed by atoms with van der Waals surface area (Å²) in [6, 6.07) is 0. The Morgan fingerprint density at radius 2 is 1.85 bits per heavy atom. The first kappa shape index (κ1) is 12.4. The van der Waals surface area contributed by atoms with Gasteiger partial charge in [-0.25, -0.2) is 0 Å². The quantitative estimate of drug-likeness (QED) is 0.656. The van der Waals surface area contributed by atoms with Crippen LogP contribution in [0.25, 0.3) is 0 Å². The van der Waals surface area contributed by atoms with Crippen molar-refractivity contribution in [3.05, 3.63) is 11.6 Å². The van der Waals surface area contributed by atoms with Crippen molar-refractivity contribution in [2.24, 2.45) is 0 Å². The zero-order valence-corrected chi connectivity index (χ0v) is 9.48. The fraction of sp³-hybridized carbons (Fsp3) is 0.727. The zero-order valence-electron chi connectivity index (χ0n) is 9.48. The van der Waals surface area contributed by atoms with Crippen molar-refractivity contribution in [3.8, 4) is 0 Å². The molecule has 0 saturated heterocycles. The van der Waals surface area contributed by atoms with Gasteiger partial charge in [0.05, 0.1) is 18.5 Å². The third-order valence-electron chi connectivity index (χ3n) is 1.60. The molecule has 0 aliphatic heterocycles. The maximum absolute atomic E-state index is 11.2. The van der Waals surface area contributed by atoms with Crippen LogP contribution in [0.3, 0.4) is 0 Å². The third kappa shape index (κ3) is 9.28. The van der Waals surface area contributed by atoms with E-state index in [1.165, 1.54) is 0 Å². The molecule has 0 radical (unpaired) electrons. The summed E-state index contributed by atoms with van der Waals surface area (Å²) in [6.07, 6.45) is 2.36. The van der Waals surface area contributed by atoms with Crippen molar-refractivity contribution in [3.63, 3.8) is 0 Å². The van der Waals surface area contributed by atoms with Crippen LogP contribution < -0.4 is 5.32 Å². The third-order valence-corrected chi connectivity index (χ3v) is 1.60. The van der Waals surface area contributed by atoms with Gasteiger partial charge in [0.25, 0.3) is 0 Å². The van der Waals surface area contributed by atoms with E-state index in [0.29, 0.717) is 6.42 Å². The molecule has 0 fully saturated rings. The highest BCUT2D eigenvalue weighted by atomic mass is 16.1. The Morgan fingerprint density at radius 1 is 1.31 bits per heavy atom. The molecular weight excluding hydrogens is 162 g/mol. The van der Waals surface area contributed by atoms with Crippen LogP contribution in [0.4, 0.5) is 0 Å². The van der Waals surface area contributed by atoms with Gasteiger partial charge in [-0.15, -0.1) is 0 Å². The smallest absolute Gasteiger partial charge is 0.161 e. The first-order valence-electron chi connectivity index (χ1n) is 4.83. The molecule has 2 nitrogen and oxygen atoms in total. The largest absolute Gasteiger partial charge is 0.342 e. The molecule has 0 aliphatic rings. The van der Waals surface area contributed by atoms with Crippen molar-refractivity contribution < 1.29 is 10.1 Å². The fourth-order valence-electron chi connectivity index (χ4n) is 1.04. The van der Waals surface area contributed by atoms with Crippen molar-refractivity contribution >= 4 is 5.78 Å². The Kier molecular flexibility index (Phi) is 4.92. The number of hydrogen-bond acceptors (Lipinski definition) is 1. The van der Waals surface area contributed by atoms with E-state index in [9.17, 15) is 4.79 Å².